The second kappa shape index (κ2) is 7.43. The van der Waals surface area contributed by atoms with Gasteiger partial charge in [-0.25, -0.2) is 8.42 Å². The molecule has 0 N–H and O–H groups in total. The standard InChI is InChI=1S/C22H21ClO5S/c1-5-22(3)21(25)19(15-8-11-17(13(2)24)18(23)12-15)20(28-22)14-6-9-16(10-7-14)29(4,26)27/h6-12H,5H2,1-4H3. The van der Waals surface area contributed by atoms with Gasteiger partial charge in [0.15, 0.2) is 21.2 Å². The first-order chi connectivity index (χ1) is 13.5. The molecule has 2 aromatic carbocycles. The Morgan fingerprint density at radius 3 is 2.17 bits per heavy atom. The molecule has 7 heteroatoms. The Morgan fingerprint density at radius 2 is 1.69 bits per heavy atom. The third-order valence-electron chi connectivity index (χ3n) is 5.12. The van der Waals surface area contributed by atoms with Gasteiger partial charge >= 0.3 is 0 Å². The fourth-order valence-electron chi connectivity index (χ4n) is 3.20. The van der Waals surface area contributed by atoms with Gasteiger partial charge in [0.1, 0.15) is 5.76 Å². The summed E-state index contributed by atoms with van der Waals surface area (Å²) in [5.41, 5.74) is 0.832. The molecule has 1 aliphatic heterocycles. The van der Waals surface area contributed by atoms with Crippen molar-refractivity contribution in [2.24, 2.45) is 0 Å². The van der Waals surface area contributed by atoms with E-state index in [1.54, 1.807) is 37.3 Å². The maximum absolute atomic E-state index is 13.2. The molecule has 0 bridgehead atoms. The summed E-state index contributed by atoms with van der Waals surface area (Å²) in [6, 6.07) is 11.0. The first kappa shape index (κ1) is 21.3. The highest BCUT2D eigenvalue weighted by molar-refractivity contribution is 7.90. The molecule has 0 spiro atoms. The maximum Gasteiger partial charge on any atom is 0.210 e. The van der Waals surface area contributed by atoms with Gasteiger partial charge in [0.2, 0.25) is 5.78 Å². The third-order valence-corrected chi connectivity index (χ3v) is 6.56. The molecule has 0 aliphatic carbocycles. The molecule has 1 unspecified atom stereocenters. The summed E-state index contributed by atoms with van der Waals surface area (Å²) in [5.74, 6) is 0.0133. The summed E-state index contributed by atoms with van der Waals surface area (Å²) in [7, 11) is -3.34. The molecule has 1 heterocycles. The molecule has 0 saturated heterocycles. The Morgan fingerprint density at radius 1 is 1.10 bits per heavy atom. The van der Waals surface area contributed by atoms with Crippen LogP contribution >= 0.6 is 11.6 Å². The first-order valence-corrected chi connectivity index (χ1v) is 11.3. The van der Waals surface area contributed by atoms with Gasteiger partial charge in [-0.3, -0.25) is 9.59 Å². The van der Waals surface area contributed by atoms with E-state index in [-0.39, 0.29) is 21.5 Å². The van der Waals surface area contributed by atoms with E-state index in [9.17, 15) is 18.0 Å². The molecule has 3 rings (SSSR count). The lowest BCUT2D eigenvalue weighted by atomic mass is 9.89. The van der Waals surface area contributed by atoms with Gasteiger partial charge in [-0.2, -0.15) is 0 Å². The second-order valence-electron chi connectivity index (χ2n) is 7.27. The van der Waals surface area contributed by atoms with Crippen molar-refractivity contribution in [2.75, 3.05) is 6.26 Å². The molecule has 0 fully saturated rings. The number of ether oxygens (including phenoxy) is 1. The van der Waals surface area contributed by atoms with Crippen LogP contribution in [0.5, 0.6) is 0 Å². The Labute approximate surface area is 175 Å². The van der Waals surface area contributed by atoms with E-state index in [0.717, 1.165) is 6.26 Å². The van der Waals surface area contributed by atoms with Crippen molar-refractivity contribution in [1.29, 1.82) is 0 Å². The summed E-state index contributed by atoms with van der Waals surface area (Å²) in [6.45, 7) is 5.00. The number of benzene rings is 2. The number of Topliss-reactive ketones (excluding diaryl/α,β-unsaturated/α-hetero) is 2. The average Bonchev–Trinajstić information content (AvgIpc) is 2.92. The minimum absolute atomic E-state index is 0.167. The minimum Gasteiger partial charge on any atom is -0.478 e. The largest absolute Gasteiger partial charge is 0.478 e. The van der Waals surface area contributed by atoms with E-state index < -0.39 is 15.4 Å². The Balaban J connectivity index is 2.19. The van der Waals surface area contributed by atoms with Gasteiger partial charge in [0, 0.05) is 17.4 Å². The second-order valence-corrected chi connectivity index (χ2v) is 9.69. The van der Waals surface area contributed by atoms with Gasteiger partial charge in [0.05, 0.1) is 15.5 Å². The molecule has 5 nitrogen and oxygen atoms in total. The number of ketones is 2. The van der Waals surface area contributed by atoms with Crippen LogP contribution in [0.3, 0.4) is 0 Å². The molecule has 0 radical (unpaired) electrons. The predicted molar refractivity (Wildman–Crippen MR) is 113 cm³/mol. The molecule has 1 aliphatic rings. The number of hydrogen-bond acceptors (Lipinski definition) is 5. The summed E-state index contributed by atoms with van der Waals surface area (Å²) < 4.78 is 29.6. The van der Waals surface area contributed by atoms with Crippen LogP contribution in [0.25, 0.3) is 11.3 Å². The third kappa shape index (κ3) is 3.87. The molecule has 0 amide bonds. The summed E-state index contributed by atoms with van der Waals surface area (Å²) in [6.07, 6.45) is 1.59. The molecular weight excluding hydrogens is 412 g/mol. The van der Waals surface area contributed by atoms with Crippen molar-refractivity contribution in [3.05, 3.63) is 64.2 Å². The van der Waals surface area contributed by atoms with Crippen LogP contribution in [0.2, 0.25) is 5.02 Å². The number of hydrogen-bond donors (Lipinski definition) is 0. The van der Waals surface area contributed by atoms with Crippen molar-refractivity contribution in [3.8, 4) is 0 Å². The highest BCUT2D eigenvalue weighted by Crippen LogP contribution is 2.43. The van der Waals surface area contributed by atoms with Crippen LogP contribution in [-0.2, 0) is 19.4 Å². The van der Waals surface area contributed by atoms with Crippen LogP contribution in [0.1, 0.15) is 48.7 Å². The van der Waals surface area contributed by atoms with Crippen LogP contribution in [0.15, 0.2) is 47.4 Å². The van der Waals surface area contributed by atoms with E-state index in [4.69, 9.17) is 16.3 Å². The molecule has 152 valence electrons. The van der Waals surface area contributed by atoms with E-state index in [0.29, 0.717) is 34.4 Å². The van der Waals surface area contributed by atoms with E-state index in [1.165, 1.54) is 19.1 Å². The van der Waals surface area contributed by atoms with Crippen LogP contribution < -0.4 is 0 Å². The topological polar surface area (TPSA) is 77.5 Å². The van der Waals surface area contributed by atoms with Crippen LogP contribution in [0, 0.1) is 0 Å². The molecule has 2 aromatic rings. The fraction of sp³-hybridized carbons (Fsp3) is 0.273. The Hall–Kier alpha value is -2.44. The van der Waals surface area contributed by atoms with E-state index in [2.05, 4.69) is 0 Å². The number of carbonyl (C=O) groups is 2. The first-order valence-electron chi connectivity index (χ1n) is 9.07. The number of rotatable bonds is 5. The van der Waals surface area contributed by atoms with E-state index >= 15 is 0 Å². The zero-order chi connectivity index (χ0) is 21.6. The molecule has 0 saturated carbocycles. The normalized spacial score (nSPS) is 19.4. The number of sulfone groups is 1. The number of carbonyl (C=O) groups excluding carboxylic acids is 2. The fourth-order valence-corrected chi connectivity index (χ4v) is 4.14. The summed E-state index contributed by atoms with van der Waals surface area (Å²) in [5, 5.41) is 0.257. The van der Waals surface area contributed by atoms with Gasteiger partial charge in [-0.05, 0) is 62.2 Å². The smallest absolute Gasteiger partial charge is 0.210 e. The van der Waals surface area contributed by atoms with Crippen LogP contribution in [-0.4, -0.2) is 31.8 Å². The quantitative estimate of drug-likeness (QED) is 0.646. The van der Waals surface area contributed by atoms with Crippen molar-refractivity contribution < 1.29 is 22.7 Å². The van der Waals surface area contributed by atoms with Gasteiger partial charge in [0.25, 0.3) is 0 Å². The Kier molecular flexibility index (Phi) is 5.45. The lowest BCUT2D eigenvalue weighted by molar-refractivity contribution is -0.126. The average molecular weight is 433 g/mol. The molecule has 1 atom stereocenters. The zero-order valence-corrected chi connectivity index (χ0v) is 18.1. The van der Waals surface area contributed by atoms with Crippen molar-refractivity contribution >= 4 is 44.3 Å². The maximum atomic E-state index is 13.2. The monoisotopic (exact) mass is 432 g/mol. The SMILES string of the molecule is CCC1(C)OC(c2ccc(S(C)(=O)=O)cc2)=C(c2ccc(C(C)=O)c(Cl)c2)C1=O. The lowest BCUT2D eigenvalue weighted by Crippen LogP contribution is -2.32. The number of halogens is 1. The van der Waals surface area contributed by atoms with Crippen molar-refractivity contribution in [1.82, 2.24) is 0 Å². The van der Waals surface area contributed by atoms with Gasteiger partial charge < -0.3 is 4.74 Å². The summed E-state index contributed by atoms with van der Waals surface area (Å²) in [4.78, 5) is 25.1. The zero-order valence-electron chi connectivity index (χ0n) is 16.6. The highest BCUT2D eigenvalue weighted by atomic mass is 35.5. The van der Waals surface area contributed by atoms with E-state index in [1.807, 2.05) is 6.92 Å². The predicted octanol–water partition coefficient (Wildman–Crippen LogP) is 4.58. The Bertz CT molecular complexity index is 1150. The van der Waals surface area contributed by atoms with Crippen molar-refractivity contribution in [3.63, 3.8) is 0 Å². The van der Waals surface area contributed by atoms with Gasteiger partial charge in [-0.15, -0.1) is 0 Å². The molecule has 29 heavy (non-hydrogen) atoms. The molecule has 0 aromatic heterocycles. The minimum atomic E-state index is -3.34. The lowest BCUT2D eigenvalue weighted by Gasteiger charge is -2.21. The highest BCUT2D eigenvalue weighted by Gasteiger charge is 2.45. The van der Waals surface area contributed by atoms with Crippen molar-refractivity contribution in [2.45, 2.75) is 37.7 Å². The van der Waals surface area contributed by atoms with Gasteiger partial charge in [-0.1, -0.05) is 24.6 Å². The molecular formula is C22H21ClO5S. The van der Waals surface area contributed by atoms with Crippen LogP contribution in [0.4, 0.5) is 0 Å². The summed E-state index contributed by atoms with van der Waals surface area (Å²) >= 11 is 6.26.